The Bertz CT molecular complexity index is 706. The molecule has 4 atom stereocenters. The summed E-state index contributed by atoms with van der Waals surface area (Å²) in [4.78, 5) is 38.0. The van der Waals surface area contributed by atoms with Gasteiger partial charge in [-0.2, -0.15) is 0 Å². The zero-order chi connectivity index (χ0) is 25.3. The summed E-state index contributed by atoms with van der Waals surface area (Å²) in [5, 5.41) is 0. The number of likely N-dealkylation sites (tertiary alicyclic amines) is 1. The third-order valence-electron chi connectivity index (χ3n) is 6.77. The van der Waals surface area contributed by atoms with Crippen molar-refractivity contribution in [1.82, 2.24) is 4.90 Å². The van der Waals surface area contributed by atoms with Crippen molar-refractivity contribution in [3.05, 3.63) is 36.5 Å². The van der Waals surface area contributed by atoms with Gasteiger partial charge >= 0.3 is 0 Å². The largest absolute Gasteiger partial charge is 0.274 e. The molecule has 4 unspecified atom stereocenters. The van der Waals surface area contributed by atoms with E-state index in [0.717, 1.165) is 43.4 Å². The number of hydrogen-bond acceptors (Lipinski definition) is 3. The average Bonchev–Trinajstić information content (AvgIpc) is 3.10. The Morgan fingerprint density at radius 1 is 0.912 bits per heavy atom. The zero-order valence-electron chi connectivity index (χ0n) is 22.4. The van der Waals surface area contributed by atoms with Crippen LogP contribution in [0.3, 0.4) is 0 Å². The number of unbranched alkanes of at least 4 members (excludes halogenated alkanes) is 3. The quantitative estimate of drug-likeness (QED) is 0.123. The van der Waals surface area contributed by atoms with Crippen molar-refractivity contribution < 1.29 is 14.4 Å². The summed E-state index contributed by atoms with van der Waals surface area (Å²) in [6.45, 7) is 10.2. The van der Waals surface area contributed by atoms with E-state index in [0.29, 0.717) is 11.8 Å². The highest BCUT2D eigenvalue weighted by Crippen LogP contribution is 2.32. The first-order valence-electron chi connectivity index (χ1n) is 13.7. The number of carbonyl (C=O) groups excluding carboxylic acids is 3. The molecule has 1 aliphatic heterocycles. The standard InChI is InChI=1S/C30H49NO3/c1-6-9-11-14-19-26(16-8-3)21-22-27(20-15-12-13-18-24(4)17-10-7-2)28-23-29(33)31(25(5)32)30(28)34/h12-14,19,21-22,24,26-28H,6-11,15-18,20,23H2,1-5H3/b13-12+,19-14-,22-21+. The summed E-state index contributed by atoms with van der Waals surface area (Å²) in [6.07, 6.45) is 25.7. The lowest BCUT2D eigenvalue weighted by Crippen LogP contribution is -2.35. The molecule has 3 amide bonds. The summed E-state index contributed by atoms with van der Waals surface area (Å²) in [6, 6.07) is 0. The third-order valence-corrected chi connectivity index (χ3v) is 6.77. The highest BCUT2D eigenvalue weighted by atomic mass is 16.2. The van der Waals surface area contributed by atoms with Gasteiger partial charge in [-0.15, -0.1) is 0 Å². The predicted molar refractivity (Wildman–Crippen MR) is 142 cm³/mol. The van der Waals surface area contributed by atoms with Crippen molar-refractivity contribution in [3.8, 4) is 0 Å². The normalized spacial score (nSPS) is 19.7. The number of carbonyl (C=O) groups is 3. The molecule has 0 bridgehead atoms. The summed E-state index contributed by atoms with van der Waals surface area (Å²) >= 11 is 0. The van der Waals surface area contributed by atoms with Crippen molar-refractivity contribution in [2.45, 2.75) is 112 Å². The van der Waals surface area contributed by atoms with E-state index in [4.69, 9.17) is 0 Å². The molecular formula is C30H49NO3. The molecule has 1 heterocycles. The number of rotatable bonds is 17. The summed E-state index contributed by atoms with van der Waals surface area (Å²) in [5.74, 6) is -0.582. The van der Waals surface area contributed by atoms with Gasteiger partial charge in [0.15, 0.2) is 0 Å². The first-order valence-corrected chi connectivity index (χ1v) is 13.7. The monoisotopic (exact) mass is 471 g/mol. The van der Waals surface area contributed by atoms with Crippen LogP contribution in [-0.4, -0.2) is 22.6 Å². The fraction of sp³-hybridized carbons (Fsp3) is 0.700. The molecule has 4 nitrogen and oxygen atoms in total. The second kappa shape index (κ2) is 17.5. The Balaban J connectivity index is 2.89. The van der Waals surface area contributed by atoms with Gasteiger partial charge in [0.1, 0.15) is 0 Å². The molecule has 1 aliphatic rings. The van der Waals surface area contributed by atoms with E-state index in [1.807, 2.05) is 0 Å². The van der Waals surface area contributed by atoms with E-state index in [1.54, 1.807) is 0 Å². The van der Waals surface area contributed by atoms with E-state index in [-0.39, 0.29) is 24.2 Å². The van der Waals surface area contributed by atoms with Crippen molar-refractivity contribution in [3.63, 3.8) is 0 Å². The van der Waals surface area contributed by atoms with E-state index in [2.05, 4.69) is 64.2 Å². The highest BCUT2D eigenvalue weighted by Gasteiger charge is 2.43. The Morgan fingerprint density at radius 3 is 2.26 bits per heavy atom. The lowest BCUT2D eigenvalue weighted by atomic mass is 9.85. The van der Waals surface area contributed by atoms with E-state index in [9.17, 15) is 14.4 Å². The molecule has 0 N–H and O–H groups in total. The maximum Gasteiger partial charge on any atom is 0.240 e. The molecule has 1 fully saturated rings. The number of nitrogens with zero attached hydrogens (tertiary/aromatic N) is 1. The fourth-order valence-corrected chi connectivity index (χ4v) is 4.63. The summed E-state index contributed by atoms with van der Waals surface area (Å²) < 4.78 is 0. The minimum Gasteiger partial charge on any atom is -0.274 e. The van der Waals surface area contributed by atoms with Gasteiger partial charge in [-0.25, -0.2) is 4.90 Å². The van der Waals surface area contributed by atoms with E-state index >= 15 is 0 Å². The summed E-state index contributed by atoms with van der Waals surface area (Å²) in [7, 11) is 0. The van der Waals surface area contributed by atoms with Crippen LogP contribution in [-0.2, 0) is 14.4 Å². The molecule has 192 valence electrons. The van der Waals surface area contributed by atoms with Gasteiger partial charge in [-0.3, -0.25) is 14.4 Å². The minimum absolute atomic E-state index is 0.0358. The topological polar surface area (TPSA) is 54.5 Å². The van der Waals surface area contributed by atoms with Gasteiger partial charge < -0.3 is 0 Å². The molecule has 0 aromatic heterocycles. The third kappa shape index (κ3) is 11.0. The molecule has 0 radical (unpaired) electrons. The van der Waals surface area contributed by atoms with Crippen molar-refractivity contribution in [1.29, 1.82) is 0 Å². The van der Waals surface area contributed by atoms with Crippen molar-refractivity contribution in [2.75, 3.05) is 0 Å². The lowest BCUT2D eigenvalue weighted by Gasteiger charge is -2.19. The van der Waals surface area contributed by atoms with Gasteiger partial charge in [-0.05, 0) is 49.9 Å². The minimum atomic E-state index is -0.469. The number of allylic oxidation sites excluding steroid dienone is 6. The molecule has 34 heavy (non-hydrogen) atoms. The Labute approximate surface area is 208 Å². The van der Waals surface area contributed by atoms with Gasteiger partial charge in [0.2, 0.25) is 17.7 Å². The van der Waals surface area contributed by atoms with Crippen LogP contribution < -0.4 is 0 Å². The molecule has 0 spiro atoms. The molecule has 4 heteroatoms. The maximum absolute atomic E-state index is 12.9. The fourth-order valence-electron chi connectivity index (χ4n) is 4.63. The second-order valence-electron chi connectivity index (χ2n) is 10.0. The predicted octanol–water partition coefficient (Wildman–Crippen LogP) is 7.80. The van der Waals surface area contributed by atoms with Crippen LogP contribution >= 0.6 is 0 Å². The summed E-state index contributed by atoms with van der Waals surface area (Å²) in [5.41, 5.74) is 0. The number of hydrogen-bond donors (Lipinski definition) is 0. The zero-order valence-corrected chi connectivity index (χ0v) is 22.4. The van der Waals surface area contributed by atoms with Crippen LogP contribution in [0.4, 0.5) is 0 Å². The van der Waals surface area contributed by atoms with Crippen LogP contribution in [0.5, 0.6) is 0 Å². The Kier molecular flexibility index (Phi) is 15.4. The second-order valence-corrected chi connectivity index (χ2v) is 10.0. The molecule has 0 aliphatic carbocycles. The first-order chi connectivity index (χ1) is 16.3. The smallest absolute Gasteiger partial charge is 0.240 e. The molecule has 1 saturated heterocycles. The van der Waals surface area contributed by atoms with Gasteiger partial charge in [-0.1, -0.05) is 103 Å². The van der Waals surface area contributed by atoms with E-state index in [1.165, 1.54) is 39.0 Å². The molecule has 0 aromatic carbocycles. The maximum atomic E-state index is 12.9. The molecule has 1 rings (SSSR count). The van der Waals surface area contributed by atoms with Gasteiger partial charge in [0.05, 0.1) is 5.92 Å². The molecule has 0 aromatic rings. The molecular weight excluding hydrogens is 422 g/mol. The van der Waals surface area contributed by atoms with Gasteiger partial charge in [0.25, 0.3) is 0 Å². The van der Waals surface area contributed by atoms with Crippen molar-refractivity contribution in [2.24, 2.45) is 23.7 Å². The highest BCUT2D eigenvalue weighted by molar-refractivity contribution is 6.15. The van der Waals surface area contributed by atoms with E-state index < -0.39 is 11.8 Å². The lowest BCUT2D eigenvalue weighted by molar-refractivity contribution is -0.149. The first kappa shape index (κ1) is 30.1. The van der Waals surface area contributed by atoms with Crippen LogP contribution in [0.1, 0.15) is 112 Å². The SMILES string of the molecule is CCCC/C=C\C(/C=C/C(CC/C=C/CC(C)CCCC)C1CC(=O)N(C(C)=O)C1=O)CCC. The number of imide groups is 3. The average molecular weight is 472 g/mol. The van der Waals surface area contributed by atoms with Crippen LogP contribution in [0.2, 0.25) is 0 Å². The van der Waals surface area contributed by atoms with Crippen LogP contribution in [0, 0.1) is 23.7 Å². The number of amides is 3. The van der Waals surface area contributed by atoms with Crippen molar-refractivity contribution >= 4 is 17.7 Å². The Morgan fingerprint density at radius 2 is 1.65 bits per heavy atom. The van der Waals surface area contributed by atoms with Gasteiger partial charge in [0, 0.05) is 13.3 Å². The van der Waals surface area contributed by atoms with Crippen LogP contribution in [0.15, 0.2) is 36.5 Å². The van der Waals surface area contributed by atoms with Crippen LogP contribution in [0.25, 0.3) is 0 Å². The molecule has 0 saturated carbocycles. The Hall–Kier alpha value is -1.97.